The highest BCUT2D eigenvalue weighted by molar-refractivity contribution is 5.98. The topological polar surface area (TPSA) is 76.2 Å². The van der Waals surface area contributed by atoms with Gasteiger partial charge in [0.05, 0.1) is 31.0 Å². The van der Waals surface area contributed by atoms with E-state index < -0.39 is 0 Å². The number of nitrogens with zero attached hydrogens (tertiary/aromatic N) is 3. The Bertz CT molecular complexity index is 930. The number of rotatable bonds is 9. The van der Waals surface area contributed by atoms with E-state index in [0.717, 1.165) is 53.8 Å². The molecule has 3 heterocycles. The van der Waals surface area contributed by atoms with Crippen molar-refractivity contribution in [3.8, 4) is 11.5 Å². The van der Waals surface area contributed by atoms with Crippen LogP contribution in [0.1, 0.15) is 38.2 Å². The van der Waals surface area contributed by atoms with Crippen LogP contribution in [0.2, 0.25) is 0 Å². The summed E-state index contributed by atoms with van der Waals surface area (Å²) in [5.74, 6) is 2.12. The van der Waals surface area contributed by atoms with Crippen molar-refractivity contribution in [1.29, 1.82) is 0 Å². The van der Waals surface area contributed by atoms with Gasteiger partial charge in [0.25, 0.3) is 0 Å². The molecule has 1 fully saturated rings. The van der Waals surface area contributed by atoms with Gasteiger partial charge in [-0.15, -0.1) is 0 Å². The maximum absolute atomic E-state index is 11.2. The van der Waals surface area contributed by atoms with E-state index in [9.17, 15) is 4.79 Å². The molecular formula is C23H32N4O4. The molecular weight excluding hydrogens is 396 g/mol. The second kappa shape index (κ2) is 9.60. The molecule has 31 heavy (non-hydrogen) atoms. The van der Waals surface area contributed by atoms with Crippen LogP contribution in [-0.2, 0) is 16.1 Å². The van der Waals surface area contributed by atoms with Crippen molar-refractivity contribution in [3.63, 3.8) is 0 Å². The van der Waals surface area contributed by atoms with E-state index in [1.165, 1.54) is 25.9 Å². The van der Waals surface area contributed by atoms with Crippen molar-refractivity contribution in [2.45, 2.75) is 45.1 Å². The van der Waals surface area contributed by atoms with Crippen LogP contribution in [0, 0.1) is 0 Å². The fourth-order valence-electron chi connectivity index (χ4n) is 4.63. The van der Waals surface area contributed by atoms with Gasteiger partial charge < -0.3 is 24.5 Å². The van der Waals surface area contributed by atoms with Gasteiger partial charge in [0.15, 0.2) is 11.5 Å². The highest BCUT2D eigenvalue weighted by Crippen LogP contribution is 2.43. The van der Waals surface area contributed by atoms with E-state index >= 15 is 0 Å². The lowest BCUT2D eigenvalue weighted by atomic mass is 9.96. The zero-order chi connectivity index (χ0) is 21.8. The lowest BCUT2D eigenvalue weighted by molar-refractivity contribution is -0.131. The number of fused-ring (bicyclic) bond motifs is 3. The normalized spacial score (nSPS) is 18.7. The number of hydrogen-bond acceptors (Lipinski definition) is 8. The summed E-state index contributed by atoms with van der Waals surface area (Å²) in [7, 11) is 3.50. The molecule has 1 aromatic carbocycles. The Kier molecular flexibility index (Phi) is 6.65. The number of aromatic nitrogens is 1. The highest BCUT2D eigenvalue weighted by atomic mass is 16.7. The minimum Gasteiger partial charge on any atom is -0.493 e. The number of carbonyl (C=O) groups is 1. The first-order chi connectivity index (χ1) is 15.2. The summed E-state index contributed by atoms with van der Waals surface area (Å²) in [4.78, 5) is 23.9. The third kappa shape index (κ3) is 4.35. The van der Waals surface area contributed by atoms with Gasteiger partial charge in [-0.3, -0.25) is 4.79 Å². The number of carbonyl (C=O) groups excluding carboxylic acids is 1. The van der Waals surface area contributed by atoms with Gasteiger partial charge in [0.2, 0.25) is 0 Å². The van der Waals surface area contributed by atoms with E-state index in [1.807, 2.05) is 26.1 Å². The van der Waals surface area contributed by atoms with Gasteiger partial charge in [-0.05, 0) is 58.2 Å². The summed E-state index contributed by atoms with van der Waals surface area (Å²) in [6.45, 7) is 6.59. The van der Waals surface area contributed by atoms with Gasteiger partial charge in [-0.25, -0.2) is 10.0 Å². The Hall–Kier alpha value is -2.74. The summed E-state index contributed by atoms with van der Waals surface area (Å²) in [6, 6.07) is 3.93. The average molecular weight is 429 g/mol. The van der Waals surface area contributed by atoms with Gasteiger partial charge in [0.1, 0.15) is 5.82 Å². The molecule has 0 saturated carbocycles. The molecule has 0 aliphatic carbocycles. The van der Waals surface area contributed by atoms with Gasteiger partial charge >= 0.3 is 6.47 Å². The standard InChI is InChI=1S/C23H32N4O4/c1-16-7-8-17-22(27(16)31-15-28)18-13-20(29-3)21(14-19(18)25-23(17)24-2)30-12-6-11-26-9-4-5-10-26/h13-16H,4-12H2,1-3H3,(H,24,25). The fourth-order valence-corrected chi connectivity index (χ4v) is 4.63. The first-order valence-corrected chi connectivity index (χ1v) is 11.1. The third-order valence-corrected chi connectivity index (χ3v) is 6.24. The van der Waals surface area contributed by atoms with E-state index in [-0.39, 0.29) is 6.04 Å². The van der Waals surface area contributed by atoms with Gasteiger partial charge in [-0.1, -0.05) is 0 Å². The molecule has 1 saturated heterocycles. The minimum atomic E-state index is 0.0699. The Morgan fingerprint density at radius 1 is 1.26 bits per heavy atom. The summed E-state index contributed by atoms with van der Waals surface area (Å²) in [5.41, 5.74) is 2.67. The minimum absolute atomic E-state index is 0.0699. The van der Waals surface area contributed by atoms with Crippen molar-refractivity contribution >= 4 is 28.9 Å². The van der Waals surface area contributed by atoms with Crippen molar-refractivity contribution in [3.05, 3.63) is 17.7 Å². The van der Waals surface area contributed by atoms with Crippen LogP contribution in [0.15, 0.2) is 12.1 Å². The smallest absolute Gasteiger partial charge is 0.320 e. The molecule has 0 bridgehead atoms. The summed E-state index contributed by atoms with van der Waals surface area (Å²) >= 11 is 0. The van der Waals surface area contributed by atoms with Crippen LogP contribution < -0.4 is 19.9 Å². The summed E-state index contributed by atoms with van der Waals surface area (Å²) < 4.78 is 11.7. The van der Waals surface area contributed by atoms with Crippen LogP contribution in [0.5, 0.6) is 11.5 Å². The number of hydroxylamine groups is 1. The van der Waals surface area contributed by atoms with E-state index in [0.29, 0.717) is 24.6 Å². The number of methoxy groups -OCH3 is 1. The second-order valence-corrected chi connectivity index (χ2v) is 8.22. The molecule has 8 heteroatoms. The maximum Gasteiger partial charge on any atom is 0.320 e. The predicted molar refractivity (Wildman–Crippen MR) is 121 cm³/mol. The lowest BCUT2D eigenvalue weighted by Crippen LogP contribution is -2.37. The zero-order valence-corrected chi connectivity index (χ0v) is 18.6. The average Bonchev–Trinajstić information content (AvgIpc) is 3.30. The molecule has 0 spiro atoms. The molecule has 2 aromatic rings. The summed E-state index contributed by atoms with van der Waals surface area (Å²) in [5, 5.41) is 5.76. The van der Waals surface area contributed by atoms with E-state index in [1.54, 1.807) is 12.2 Å². The van der Waals surface area contributed by atoms with Crippen LogP contribution in [0.4, 0.5) is 11.5 Å². The zero-order valence-electron chi connectivity index (χ0n) is 18.6. The van der Waals surface area contributed by atoms with Crippen LogP contribution >= 0.6 is 0 Å². The molecule has 8 nitrogen and oxygen atoms in total. The van der Waals surface area contributed by atoms with E-state index in [4.69, 9.17) is 19.3 Å². The number of hydrogen-bond donors (Lipinski definition) is 1. The monoisotopic (exact) mass is 428 g/mol. The Balaban J connectivity index is 1.66. The molecule has 2 aliphatic heterocycles. The number of benzene rings is 1. The quantitative estimate of drug-likeness (QED) is 0.481. The highest BCUT2D eigenvalue weighted by Gasteiger charge is 2.30. The van der Waals surface area contributed by atoms with Crippen LogP contribution in [0.3, 0.4) is 0 Å². The van der Waals surface area contributed by atoms with Crippen molar-refractivity contribution in [2.24, 2.45) is 0 Å². The number of anilines is 2. The van der Waals surface area contributed by atoms with Crippen molar-refractivity contribution in [1.82, 2.24) is 9.88 Å². The number of pyridine rings is 1. The van der Waals surface area contributed by atoms with Gasteiger partial charge in [0, 0.05) is 30.6 Å². The first-order valence-electron chi connectivity index (χ1n) is 11.1. The SMILES string of the molecule is CNc1nc2cc(OCCCN3CCCC3)c(OC)cc2c2c1CCC(C)N2OC=O. The molecule has 1 atom stereocenters. The van der Waals surface area contributed by atoms with Crippen LogP contribution in [-0.4, -0.2) is 62.8 Å². The van der Waals surface area contributed by atoms with E-state index in [2.05, 4.69) is 10.2 Å². The Morgan fingerprint density at radius 2 is 2.06 bits per heavy atom. The molecule has 1 unspecified atom stereocenters. The molecule has 4 rings (SSSR count). The van der Waals surface area contributed by atoms with Crippen molar-refractivity contribution < 1.29 is 19.1 Å². The molecule has 0 radical (unpaired) electrons. The molecule has 1 aromatic heterocycles. The van der Waals surface area contributed by atoms with Crippen molar-refractivity contribution in [2.75, 3.05) is 50.8 Å². The van der Waals surface area contributed by atoms with Crippen LogP contribution in [0.25, 0.3) is 10.9 Å². The number of likely N-dealkylation sites (tertiary alicyclic amines) is 1. The largest absolute Gasteiger partial charge is 0.493 e. The lowest BCUT2D eigenvalue weighted by Gasteiger charge is -2.35. The fraction of sp³-hybridized carbons (Fsp3) is 0.565. The maximum atomic E-state index is 11.2. The molecule has 0 amide bonds. The number of ether oxygens (including phenoxy) is 2. The predicted octanol–water partition coefficient (Wildman–Crippen LogP) is 3.38. The molecule has 1 N–H and O–H groups in total. The first kappa shape index (κ1) is 21.5. The molecule has 168 valence electrons. The molecule has 2 aliphatic rings. The second-order valence-electron chi connectivity index (χ2n) is 8.22. The number of nitrogens with one attached hydrogen (secondary N) is 1. The summed E-state index contributed by atoms with van der Waals surface area (Å²) in [6.07, 6.45) is 5.29. The Labute approximate surface area is 183 Å². The van der Waals surface area contributed by atoms with Gasteiger partial charge in [-0.2, -0.15) is 0 Å². The third-order valence-electron chi connectivity index (χ3n) is 6.24. The Morgan fingerprint density at radius 3 is 2.77 bits per heavy atom.